The SMILES string of the molecule is COc1ccc(S(=O)(=O)NN(C)S(=O)(=O)c2ccc(C)cc2)cc1. The molecule has 0 aliphatic heterocycles. The smallest absolute Gasteiger partial charge is 0.256 e. The highest BCUT2D eigenvalue weighted by atomic mass is 32.2. The minimum Gasteiger partial charge on any atom is -0.497 e. The molecule has 0 radical (unpaired) electrons. The Bertz CT molecular complexity index is 905. The van der Waals surface area contributed by atoms with Gasteiger partial charge in [0.15, 0.2) is 0 Å². The summed E-state index contributed by atoms with van der Waals surface area (Å²) in [6.45, 7) is 1.83. The molecule has 7 nitrogen and oxygen atoms in total. The van der Waals surface area contributed by atoms with E-state index in [0.29, 0.717) is 10.2 Å². The topological polar surface area (TPSA) is 92.8 Å². The van der Waals surface area contributed by atoms with Gasteiger partial charge in [-0.25, -0.2) is 16.8 Å². The molecule has 130 valence electrons. The quantitative estimate of drug-likeness (QED) is 0.778. The monoisotopic (exact) mass is 370 g/mol. The number of hydrogen-bond acceptors (Lipinski definition) is 5. The third kappa shape index (κ3) is 3.93. The Labute approximate surface area is 141 Å². The van der Waals surface area contributed by atoms with E-state index in [-0.39, 0.29) is 9.79 Å². The summed E-state index contributed by atoms with van der Waals surface area (Å²) < 4.78 is 55.0. The van der Waals surface area contributed by atoms with Crippen LogP contribution >= 0.6 is 0 Å². The fourth-order valence-electron chi connectivity index (χ4n) is 1.89. The predicted molar refractivity (Wildman–Crippen MR) is 89.4 cm³/mol. The van der Waals surface area contributed by atoms with Crippen molar-refractivity contribution in [3.63, 3.8) is 0 Å². The Morgan fingerprint density at radius 3 is 1.88 bits per heavy atom. The molecule has 0 saturated carbocycles. The summed E-state index contributed by atoms with van der Waals surface area (Å²) in [6.07, 6.45) is 0. The van der Waals surface area contributed by atoms with Gasteiger partial charge in [0.25, 0.3) is 20.0 Å². The van der Waals surface area contributed by atoms with Crippen molar-refractivity contribution in [2.75, 3.05) is 14.2 Å². The van der Waals surface area contributed by atoms with Crippen LogP contribution in [0, 0.1) is 6.92 Å². The molecule has 0 amide bonds. The van der Waals surface area contributed by atoms with Crippen LogP contribution in [0.25, 0.3) is 0 Å². The molecule has 0 aromatic heterocycles. The zero-order valence-electron chi connectivity index (χ0n) is 13.4. The van der Waals surface area contributed by atoms with E-state index >= 15 is 0 Å². The minimum atomic E-state index is -4.04. The fraction of sp³-hybridized carbons (Fsp3) is 0.200. The van der Waals surface area contributed by atoms with E-state index in [1.807, 2.05) is 11.8 Å². The molecule has 0 atom stereocenters. The van der Waals surface area contributed by atoms with Crippen molar-refractivity contribution >= 4 is 20.0 Å². The standard InChI is InChI=1S/C15H18N2O5S2/c1-12-4-8-15(9-5-12)24(20,21)17(2)16-23(18,19)14-10-6-13(22-3)7-11-14/h4-11,16H,1-3H3. The molecule has 0 unspecified atom stereocenters. The Kier molecular flexibility index (Phi) is 5.29. The second-order valence-corrected chi connectivity index (χ2v) is 8.69. The van der Waals surface area contributed by atoms with Gasteiger partial charge < -0.3 is 4.74 Å². The van der Waals surface area contributed by atoms with Crippen LogP contribution in [0.2, 0.25) is 0 Å². The van der Waals surface area contributed by atoms with Gasteiger partial charge >= 0.3 is 0 Å². The maximum absolute atomic E-state index is 12.4. The third-order valence-electron chi connectivity index (χ3n) is 3.30. The van der Waals surface area contributed by atoms with Gasteiger partial charge in [-0.2, -0.15) is 0 Å². The second-order valence-electron chi connectivity index (χ2n) is 5.06. The summed E-state index contributed by atoms with van der Waals surface area (Å²) in [6, 6.07) is 11.7. The van der Waals surface area contributed by atoms with Gasteiger partial charge in [-0.05, 0) is 43.3 Å². The molecule has 1 N–H and O–H groups in total. The summed E-state index contributed by atoms with van der Waals surface area (Å²) in [4.78, 5) is 1.96. The van der Waals surface area contributed by atoms with Gasteiger partial charge in [0.1, 0.15) is 5.75 Å². The molecule has 0 spiro atoms. The first kappa shape index (κ1) is 18.4. The lowest BCUT2D eigenvalue weighted by Gasteiger charge is -2.18. The van der Waals surface area contributed by atoms with E-state index in [1.165, 1.54) is 43.5 Å². The fourth-order valence-corrected chi connectivity index (χ4v) is 4.32. The van der Waals surface area contributed by atoms with Crippen molar-refractivity contribution in [2.45, 2.75) is 16.7 Å². The average molecular weight is 370 g/mol. The van der Waals surface area contributed by atoms with Crippen molar-refractivity contribution in [3.8, 4) is 5.75 Å². The molecule has 24 heavy (non-hydrogen) atoms. The first-order chi connectivity index (χ1) is 11.2. The maximum Gasteiger partial charge on any atom is 0.256 e. The van der Waals surface area contributed by atoms with E-state index in [9.17, 15) is 16.8 Å². The predicted octanol–water partition coefficient (Wildman–Crippen LogP) is 1.52. The number of hydrogen-bond donors (Lipinski definition) is 1. The van der Waals surface area contributed by atoms with Gasteiger partial charge in [0.05, 0.1) is 16.9 Å². The lowest BCUT2D eigenvalue weighted by Crippen LogP contribution is -2.43. The van der Waals surface area contributed by atoms with Crippen LogP contribution in [0.4, 0.5) is 0 Å². The number of nitrogens with one attached hydrogen (secondary N) is 1. The molecule has 2 aromatic carbocycles. The lowest BCUT2D eigenvalue weighted by molar-refractivity contribution is 0.414. The van der Waals surface area contributed by atoms with E-state index in [2.05, 4.69) is 0 Å². The number of methoxy groups -OCH3 is 1. The Morgan fingerprint density at radius 2 is 1.38 bits per heavy atom. The van der Waals surface area contributed by atoms with E-state index in [1.54, 1.807) is 12.1 Å². The van der Waals surface area contributed by atoms with Crippen LogP contribution in [0.5, 0.6) is 5.75 Å². The largest absolute Gasteiger partial charge is 0.497 e. The number of nitrogens with zero attached hydrogens (tertiary/aromatic N) is 1. The zero-order valence-corrected chi connectivity index (χ0v) is 15.1. The maximum atomic E-state index is 12.4. The Morgan fingerprint density at radius 1 is 0.875 bits per heavy atom. The zero-order chi connectivity index (χ0) is 18.0. The number of sulfonamides is 2. The van der Waals surface area contributed by atoms with Crippen molar-refractivity contribution in [1.82, 2.24) is 9.25 Å². The molecule has 0 saturated heterocycles. The molecular weight excluding hydrogens is 352 g/mol. The molecular formula is C15H18N2O5S2. The normalized spacial score (nSPS) is 12.3. The van der Waals surface area contributed by atoms with Gasteiger partial charge in [0.2, 0.25) is 0 Å². The van der Waals surface area contributed by atoms with Crippen LogP contribution in [0.15, 0.2) is 58.3 Å². The van der Waals surface area contributed by atoms with Crippen LogP contribution in [-0.2, 0) is 20.0 Å². The molecule has 2 rings (SSSR count). The van der Waals surface area contributed by atoms with E-state index in [4.69, 9.17) is 4.74 Å². The van der Waals surface area contributed by atoms with Crippen molar-refractivity contribution in [2.24, 2.45) is 0 Å². The minimum absolute atomic E-state index is 0.00645. The van der Waals surface area contributed by atoms with Crippen molar-refractivity contribution in [3.05, 3.63) is 54.1 Å². The molecule has 0 fully saturated rings. The Balaban J connectivity index is 2.26. The Hall–Kier alpha value is -1.94. The first-order valence-corrected chi connectivity index (χ1v) is 9.81. The molecule has 0 heterocycles. The van der Waals surface area contributed by atoms with Crippen molar-refractivity contribution in [1.29, 1.82) is 0 Å². The summed E-state index contributed by atoms with van der Waals surface area (Å²) in [5.74, 6) is 0.495. The molecule has 0 aliphatic carbocycles. The van der Waals surface area contributed by atoms with Gasteiger partial charge in [-0.1, -0.05) is 17.7 Å². The number of aryl methyl sites for hydroxylation is 1. The highest BCUT2D eigenvalue weighted by Gasteiger charge is 2.26. The number of ether oxygens (including phenoxy) is 1. The summed E-state index contributed by atoms with van der Waals surface area (Å²) in [5, 5.41) is 0. The number of rotatable bonds is 6. The van der Waals surface area contributed by atoms with Gasteiger partial charge in [-0.3, -0.25) is 0 Å². The average Bonchev–Trinajstić information content (AvgIpc) is 2.55. The summed E-state index contributed by atoms with van der Waals surface area (Å²) >= 11 is 0. The summed E-state index contributed by atoms with van der Waals surface area (Å²) in [7, 11) is -5.44. The van der Waals surface area contributed by atoms with Crippen LogP contribution < -0.4 is 9.57 Å². The van der Waals surface area contributed by atoms with Gasteiger partial charge in [-0.15, -0.1) is 9.25 Å². The van der Waals surface area contributed by atoms with Crippen LogP contribution in [0.3, 0.4) is 0 Å². The van der Waals surface area contributed by atoms with Crippen molar-refractivity contribution < 1.29 is 21.6 Å². The lowest BCUT2D eigenvalue weighted by atomic mass is 10.2. The van der Waals surface area contributed by atoms with Crippen LogP contribution in [-0.4, -0.2) is 35.4 Å². The number of hydrazine groups is 1. The molecule has 0 bridgehead atoms. The summed E-state index contributed by atoms with van der Waals surface area (Å²) in [5.41, 5.74) is 0.899. The van der Waals surface area contributed by atoms with E-state index < -0.39 is 20.0 Å². The first-order valence-electron chi connectivity index (χ1n) is 6.89. The highest BCUT2D eigenvalue weighted by Crippen LogP contribution is 2.18. The van der Waals surface area contributed by atoms with Gasteiger partial charge in [0, 0.05) is 7.05 Å². The second kappa shape index (κ2) is 6.89. The highest BCUT2D eigenvalue weighted by molar-refractivity contribution is 7.92. The molecule has 0 aliphatic rings. The number of benzene rings is 2. The molecule has 9 heteroatoms. The van der Waals surface area contributed by atoms with E-state index in [0.717, 1.165) is 12.6 Å². The van der Waals surface area contributed by atoms with Crippen LogP contribution in [0.1, 0.15) is 5.56 Å². The third-order valence-corrected chi connectivity index (χ3v) is 6.50. The molecule has 2 aromatic rings.